The smallest absolute Gasteiger partial charge is 0.298 e. The number of aromatic nitrogens is 2. The molecule has 0 amide bonds. The van der Waals surface area contributed by atoms with Crippen LogP contribution in [0.5, 0.6) is 11.5 Å². The highest BCUT2D eigenvalue weighted by Gasteiger charge is 2.35. The topological polar surface area (TPSA) is 89.0 Å². The summed E-state index contributed by atoms with van der Waals surface area (Å²) < 4.78 is 60.5. The third-order valence-electron chi connectivity index (χ3n) is 6.30. The van der Waals surface area contributed by atoms with Crippen molar-refractivity contribution in [3.63, 3.8) is 0 Å². The molecule has 0 saturated carbocycles. The maximum absolute atomic E-state index is 15.1. The van der Waals surface area contributed by atoms with E-state index in [0.29, 0.717) is 47.3 Å². The van der Waals surface area contributed by atoms with Crippen LogP contribution < -0.4 is 14.8 Å². The number of hydrogen-bond donors (Lipinski definition) is 2. The number of fused-ring (bicyclic) bond motifs is 1. The van der Waals surface area contributed by atoms with Gasteiger partial charge in [0.15, 0.2) is 11.5 Å². The molecule has 0 unspecified atom stereocenters. The average molecular weight is 521 g/mol. The van der Waals surface area contributed by atoms with Crippen molar-refractivity contribution < 1.29 is 32.5 Å². The lowest BCUT2D eigenvalue weighted by Crippen LogP contribution is -2.42. The lowest BCUT2D eigenvalue weighted by molar-refractivity contribution is -0.0583. The van der Waals surface area contributed by atoms with Gasteiger partial charge in [0.1, 0.15) is 36.8 Å². The molecule has 3 aromatic rings. The third kappa shape index (κ3) is 5.89. The summed E-state index contributed by atoms with van der Waals surface area (Å²) in [6, 6.07) is 6.45. The van der Waals surface area contributed by atoms with Crippen molar-refractivity contribution in [1.29, 1.82) is 0 Å². The molecule has 0 spiro atoms. The number of aryl methyl sites for hydroxylation is 1. The molecule has 2 heterocycles. The zero-order valence-electron chi connectivity index (χ0n) is 21.2. The summed E-state index contributed by atoms with van der Waals surface area (Å²) in [5, 5.41) is 12.7. The van der Waals surface area contributed by atoms with Gasteiger partial charge in [0.25, 0.3) is 5.92 Å². The first kappa shape index (κ1) is 26.9. The van der Waals surface area contributed by atoms with Crippen molar-refractivity contribution >= 4 is 16.7 Å². The summed E-state index contributed by atoms with van der Waals surface area (Å²) in [4.78, 5) is 11.1. The number of nitrogens with zero attached hydrogens (tertiary/aromatic N) is 3. The van der Waals surface area contributed by atoms with E-state index in [9.17, 15) is 8.78 Å². The van der Waals surface area contributed by atoms with Gasteiger partial charge in [0.05, 0.1) is 30.8 Å². The monoisotopic (exact) mass is 520 g/mol. The van der Waals surface area contributed by atoms with Gasteiger partial charge < -0.3 is 29.5 Å². The van der Waals surface area contributed by atoms with Crippen molar-refractivity contribution in [3.05, 3.63) is 53.1 Å². The highest BCUT2D eigenvalue weighted by molar-refractivity contribution is 5.92. The summed E-state index contributed by atoms with van der Waals surface area (Å²) in [6.45, 7) is 4.41. The van der Waals surface area contributed by atoms with E-state index in [1.165, 1.54) is 19.2 Å². The Balaban J connectivity index is 1.65. The standard InChI is InChI=1S/C26H31F3N4O4/c1-15(18-6-5-7-20(24(18)27)26(28,29)14-34)30-25-19-10-23(37-13-17-12-33(3)8-9-36-17)22(35-4)11-21(19)31-16(2)32-25/h5-7,10-11,15,17,34H,8-9,12-14H2,1-4H3,(H,30,31,32)/t15-,17-/m1/s1. The Labute approximate surface area is 213 Å². The van der Waals surface area contributed by atoms with Crippen LogP contribution in [0.15, 0.2) is 30.3 Å². The number of aliphatic hydroxyl groups is 1. The highest BCUT2D eigenvalue weighted by Crippen LogP contribution is 2.37. The van der Waals surface area contributed by atoms with E-state index in [0.717, 1.165) is 19.2 Å². The molecule has 37 heavy (non-hydrogen) atoms. The van der Waals surface area contributed by atoms with Crippen molar-refractivity contribution in [3.8, 4) is 11.5 Å². The van der Waals surface area contributed by atoms with E-state index < -0.39 is 30.0 Å². The minimum atomic E-state index is -3.70. The van der Waals surface area contributed by atoms with E-state index >= 15 is 4.39 Å². The summed E-state index contributed by atoms with van der Waals surface area (Å²) in [5.41, 5.74) is -0.277. The molecule has 1 aromatic heterocycles. The summed E-state index contributed by atoms with van der Waals surface area (Å²) in [6.07, 6.45) is -0.0988. The van der Waals surface area contributed by atoms with Gasteiger partial charge in [-0.1, -0.05) is 12.1 Å². The van der Waals surface area contributed by atoms with Gasteiger partial charge in [-0.05, 0) is 33.0 Å². The van der Waals surface area contributed by atoms with Gasteiger partial charge in [-0.25, -0.2) is 14.4 Å². The minimum Gasteiger partial charge on any atom is -0.493 e. The van der Waals surface area contributed by atoms with Crippen LogP contribution in [0.2, 0.25) is 0 Å². The number of alkyl halides is 2. The van der Waals surface area contributed by atoms with E-state index in [1.807, 2.05) is 7.05 Å². The molecule has 11 heteroatoms. The Bertz CT molecular complexity index is 1260. The van der Waals surface area contributed by atoms with Gasteiger partial charge in [-0.3, -0.25) is 0 Å². The van der Waals surface area contributed by atoms with E-state index in [-0.39, 0.29) is 11.7 Å². The average Bonchev–Trinajstić information content (AvgIpc) is 2.87. The van der Waals surface area contributed by atoms with E-state index in [1.54, 1.807) is 26.0 Å². The van der Waals surface area contributed by atoms with E-state index in [2.05, 4.69) is 20.2 Å². The van der Waals surface area contributed by atoms with Crippen LogP contribution in [-0.4, -0.2) is 73.1 Å². The SMILES string of the molecule is COc1cc2nc(C)nc(N[C@H](C)c3cccc(C(F)(F)CO)c3F)c2cc1OC[C@H]1CN(C)CCO1. The molecule has 4 rings (SSSR count). The molecule has 0 bridgehead atoms. The number of hydrogen-bond acceptors (Lipinski definition) is 8. The first-order valence-electron chi connectivity index (χ1n) is 12.0. The van der Waals surface area contributed by atoms with Crippen molar-refractivity contribution in [2.45, 2.75) is 31.9 Å². The first-order valence-corrected chi connectivity index (χ1v) is 12.0. The number of nitrogens with one attached hydrogen (secondary N) is 1. The molecule has 200 valence electrons. The number of benzene rings is 2. The van der Waals surface area contributed by atoms with Gasteiger partial charge in [-0.2, -0.15) is 8.78 Å². The Morgan fingerprint density at radius 3 is 2.76 bits per heavy atom. The molecule has 1 aliphatic rings. The van der Waals surface area contributed by atoms with Crippen LogP contribution in [0.25, 0.3) is 10.9 Å². The fourth-order valence-corrected chi connectivity index (χ4v) is 4.32. The first-order chi connectivity index (χ1) is 17.6. The van der Waals surface area contributed by atoms with Gasteiger partial charge in [-0.15, -0.1) is 0 Å². The van der Waals surface area contributed by atoms with E-state index in [4.69, 9.17) is 19.3 Å². The Morgan fingerprint density at radius 2 is 2.05 bits per heavy atom. The number of anilines is 1. The quantitative estimate of drug-likeness (QED) is 0.437. The second-order valence-electron chi connectivity index (χ2n) is 9.14. The van der Waals surface area contributed by atoms with Gasteiger partial charge >= 0.3 is 0 Å². The van der Waals surface area contributed by atoms with Crippen molar-refractivity contribution in [2.75, 3.05) is 52.4 Å². The van der Waals surface area contributed by atoms with Crippen LogP contribution in [0.4, 0.5) is 19.0 Å². The number of halogens is 3. The Kier molecular flexibility index (Phi) is 8.05. The summed E-state index contributed by atoms with van der Waals surface area (Å²) in [7, 11) is 3.56. The predicted molar refractivity (Wildman–Crippen MR) is 133 cm³/mol. The molecule has 2 aromatic carbocycles. The Hall–Kier alpha value is -3.15. The van der Waals surface area contributed by atoms with Crippen LogP contribution >= 0.6 is 0 Å². The van der Waals surface area contributed by atoms with Crippen LogP contribution in [0, 0.1) is 12.7 Å². The number of aliphatic hydroxyl groups excluding tert-OH is 1. The lowest BCUT2D eigenvalue weighted by atomic mass is 10.00. The van der Waals surface area contributed by atoms with Gasteiger partial charge in [0, 0.05) is 30.1 Å². The second-order valence-corrected chi connectivity index (χ2v) is 9.14. The number of methoxy groups -OCH3 is 1. The molecule has 0 radical (unpaired) electrons. The molecule has 8 nitrogen and oxygen atoms in total. The molecule has 1 saturated heterocycles. The number of likely N-dealkylation sites (N-methyl/N-ethyl adjacent to an activating group) is 1. The van der Waals surface area contributed by atoms with Crippen molar-refractivity contribution in [1.82, 2.24) is 14.9 Å². The molecular weight excluding hydrogens is 489 g/mol. The fraction of sp³-hybridized carbons (Fsp3) is 0.462. The van der Waals surface area contributed by atoms with Crippen molar-refractivity contribution in [2.24, 2.45) is 0 Å². The minimum absolute atomic E-state index is 0.0126. The van der Waals surface area contributed by atoms with Crippen LogP contribution in [0.3, 0.4) is 0 Å². The Morgan fingerprint density at radius 1 is 1.27 bits per heavy atom. The predicted octanol–water partition coefficient (Wildman–Crippen LogP) is 4.05. The highest BCUT2D eigenvalue weighted by atomic mass is 19.3. The normalized spacial score (nSPS) is 17.6. The van der Waals surface area contributed by atoms with Gasteiger partial charge in [0.2, 0.25) is 0 Å². The molecule has 2 atom stereocenters. The maximum atomic E-state index is 15.1. The molecular formula is C26H31F3N4O4. The van der Waals surface area contributed by atoms with Crippen LogP contribution in [-0.2, 0) is 10.7 Å². The second kappa shape index (κ2) is 11.1. The summed E-state index contributed by atoms with van der Waals surface area (Å²) in [5.74, 6) is -2.99. The number of ether oxygens (including phenoxy) is 3. The fourth-order valence-electron chi connectivity index (χ4n) is 4.32. The third-order valence-corrected chi connectivity index (χ3v) is 6.30. The number of rotatable bonds is 9. The lowest BCUT2D eigenvalue weighted by Gasteiger charge is -2.30. The molecule has 1 aliphatic heterocycles. The molecule has 1 fully saturated rings. The number of morpholine rings is 1. The largest absolute Gasteiger partial charge is 0.493 e. The summed E-state index contributed by atoms with van der Waals surface area (Å²) >= 11 is 0. The zero-order valence-corrected chi connectivity index (χ0v) is 21.2. The zero-order chi connectivity index (χ0) is 26.7. The molecule has 0 aliphatic carbocycles. The molecule has 2 N–H and O–H groups in total. The van der Waals surface area contributed by atoms with Crippen LogP contribution in [0.1, 0.15) is 29.9 Å². The maximum Gasteiger partial charge on any atom is 0.298 e.